The van der Waals surface area contributed by atoms with Crippen LogP contribution in [0.1, 0.15) is 73.6 Å². The molecule has 0 spiro atoms. The summed E-state index contributed by atoms with van der Waals surface area (Å²) in [5.41, 5.74) is -0.222. The van der Waals surface area contributed by atoms with Crippen LogP contribution in [0, 0.1) is 11.8 Å². The van der Waals surface area contributed by atoms with Crippen LogP contribution in [-0.4, -0.2) is 34.9 Å². The highest BCUT2D eigenvalue weighted by atomic mass is 16.5. The van der Waals surface area contributed by atoms with Crippen LogP contribution in [0.5, 0.6) is 0 Å². The van der Waals surface area contributed by atoms with Gasteiger partial charge in [-0.1, -0.05) is 31.6 Å². The molecule has 0 unspecified atom stereocenters. The zero-order valence-corrected chi connectivity index (χ0v) is 17.7. The molecule has 0 bridgehead atoms. The lowest BCUT2D eigenvalue weighted by atomic mass is 9.87. The van der Waals surface area contributed by atoms with E-state index in [1.54, 1.807) is 26.0 Å². The molecule has 0 saturated carbocycles. The Balaban J connectivity index is 5.16. The van der Waals surface area contributed by atoms with Crippen molar-refractivity contribution in [2.75, 3.05) is 0 Å². The van der Waals surface area contributed by atoms with Gasteiger partial charge >= 0.3 is 5.97 Å². The van der Waals surface area contributed by atoms with Crippen LogP contribution in [0.3, 0.4) is 0 Å². The molecular formula is C22H36O5. The molecule has 154 valence electrons. The maximum atomic E-state index is 11.4. The summed E-state index contributed by atoms with van der Waals surface area (Å²) in [5.74, 6) is 0.288. The lowest BCUT2D eigenvalue weighted by Gasteiger charge is -2.26. The average molecular weight is 381 g/mol. The predicted molar refractivity (Wildman–Crippen MR) is 107 cm³/mol. The minimum Gasteiger partial charge on any atom is -0.458 e. The van der Waals surface area contributed by atoms with Gasteiger partial charge in [0, 0.05) is 26.2 Å². The van der Waals surface area contributed by atoms with Crippen molar-refractivity contribution < 1.29 is 24.2 Å². The van der Waals surface area contributed by atoms with Gasteiger partial charge in [-0.2, -0.15) is 0 Å². The van der Waals surface area contributed by atoms with Gasteiger partial charge in [0.2, 0.25) is 0 Å². The van der Waals surface area contributed by atoms with E-state index in [0.717, 1.165) is 18.3 Å². The molecule has 1 N–H and O–H groups in total. The zero-order chi connectivity index (χ0) is 21.0. The quantitative estimate of drug-likeness (QED) is 0.294. The Kier molecular flexibility index (Phi) is 11.8. The van der Waals surface area contributed by atoms with Crippen LogP contribution in [-0.2, 0) is 19.1 Å². The number of aldehydes is 1. The van der Waals surface area contributed by atoms with Crippen molar-refractivity contribution in [3.8, 4) is 0 Å². The maximum absolute atomic E-state index is 11.4. The smallest absolute Gasteiger partial charge is 0.303 e. The molecule has 0 aliphatic rings. The van der Waals surface area contributed by atoms with E-state index in [-0.39, 0.29) is 18.1 Å². The molecule has 0 aliphatic heterocycles. The van der Waals surface area contributed by atoms with Gasteiger partial charge in [-0.3, -0.25) is 4.79 Å². The maximum Gasteiger partial charge on any atom is 0.303 e. The number of ketones is 1. The van der Waals surface area contributed by atoms with Crippen LogP contribution in [0.4, 0.5) is 0 Å². The van der Waals surface area contributed by atoms with Gasteiger partial charge in [0.25, 0.3) is 0 Å². The summed E-state index contributed by atoms with van der Waals surface area (Å²) in [4.78, 5) is 33.2. The number of aliphatic hydroxyl groups is 1. The normalized spacial score (nSPS) is 16.8. The van der Waals surface area contributed by atoms with Crippen LogP contribution < -0.4 is 0 Å². The van der Waals surface area contributed by atoms with Crippen molar-refractivity contribution >= 4 is 18.0 Å². The summed E-state index contributed by atoms with van der Waals surface area (Å²) in [6.07, 6.45) is 8.28. The molecule has 0 amide bonds. The van der Waals surface area contributed by atoms with Gasteiger partial charge in [0.15, 0.2) is 0 Å². The fourth-order valence-corrected chi connectivity index (χ4v) is 2.86. The van der Waals surface area contributed by atoms with E-state index in [1.165, 1.54) is 6.92 Å². The highest BCUT2D eigenvalue weighted by molar-refractivity contribution is 5.75. The molecule has 5 heteroatoms. The zero-order valence-electron chi connectivity index (χ0n) is 17.7. The van der Waals surface area contributed by atoms with Gasteiger partial charge in [0.05, 0.1) is 5.60 Å². The first-order chi connectivity index (χ1) is 12.5. The Morgan fingerprint density at radius 3 is 2.26 bits per heavy atom. The summed E-state index contributed by atoms with van der Waals surface area (Å²) >= 11 is 0. The number of Topliss-reactive ketones (excluding diaryl/α,β-unsaturated/α-hetero) is 1. The Morgan fingerprint density at radius 1 is 1.15 bits per heavy atom. The van der Waals surface area contributed by atoms with E-state index in [9.17, 15) is 19.5 Å². The average Bonchev–Trinajstić information content (AvgIpc) is 2.50. The number of rotatable bonds is 13. The van der Waals surface area contributed by atoms with E-state index in [1.807, 2.05) is 13.0 Å². The van der Waals surface area contributed by atoms with Crippen molar-refractivity contribution in [2.45, 2.75) is 85.4 Å². The van der Waals surface area contributed by atoms with Crippen LogP contribution in [0.15, 0.2) is 23.8 Å². The molecule has 3 atom stereocenters. The number of hydrogen-bond donors (Lipinski definition) is 1. The topological polar surface area (TPSA) is 80.7 Å². The molecule has 5 nitrogen and oxygen atoms in total. The van der Waals surface area contributed by atoms with Gasteiger partial charge in [-0.15, -0.1) is 0 Å². The van der Waals surface area contributed by atoms with E-state index in [4.69, 9.17) is 4.74 Å². The van der Waals surface area contributed by atoms with E-state index in [2.05, 4.69) is 13.8 Å². The summed E-state index contributed by atoms with van der Waals surface area (Å²) in [6, 6.07) is 0. The Hall–Kier alpha value is -1.75. The third kappa shape index (κ3) is 13.1. The Bertz CT molecular complexity index is 543. The van der Waals surface area contributed by atoms with Crippen LogP contribution in [0.2, 0.25) is 0 Å². The number of carbonyl (C=O) groups is 3. The third-order valence-corrected chi connectivity index (χ3v) is 4.45. The number of ether oxygens (including phenoxy) is 1. The first kappa shape index (κ1) is 25.2. The third-order valence-electron chi connectivity index (χ3n) is 4.45. The number of hydrogen-bond acceptors (Lipinski definition) is 5. The number of esters is 1. The highest BCUT2D eigenvalue weighted by Gasteiger charge is 2.24. The summed E-state index contributed by atoms with van der Waals surface area (Å²) in [7, 11) is 0. The van der Waals surface area contributed by atoms with Gasteiger partial charge in [-0.05, 0) is 51.5 Å². The molecule has 0 saturated heterocycles. The van der Waals surface area contributed by atoms with Crippen LogP contribution in [0.25, 0.3) is 0 Å². The summed E-state index contributed by atoms with van der Waals surface area (Å²) < 4.78 is 5.33. The lowest BCUT2D eigenvalue weighted by Crippen LogP contribution is -2.30. The summed E-state index contributed by atoms with van der Waals surface area (Å²) in [6.45, 7) is 10.6. The van der Waals surface area contributed by atoms with E-state index >= 15 is 0 Å². The van der Waals surface area contributed by atoms with Gasteiger partial charge in [-0.25, -0.2) is 0 Å². The molecule has 0 fully saturated rings. The van der Waals surface area contributed by atoms with Crippen molar-refractivity contribution in [3.05, 3.63) is 23.8 Å². The number of allylic oxidation sites excluding steroid dienone is 2. The lowest BCUT2D eigenvalue weighted by molar-refractivity contribution is -0.145. The highest BCUT2D eigenvalue weighted by Crippen LogP contribution is 2.24. The molecule has 0 aliphatic carbocycles. The molecule has 0 aromatic carbocycles. The fourth-order valence-electron chi connectivity index (χ4n) is 2.86. The SMILES string of the molecule is CC(=O)CC[C@H](/C=C/[C@](C)(O)C[C@H](/C=C(\C)CCC=O)OC(C)=O)C(C)C. The minimum atomic E-state index is -1.16. The first-order valence-electron chi connectivity index (χ1n) is 9.66. The molecule has 0 aromatic rings. The first-order valence-corrected chi connectivity index (χ1v) is 9.66. The van der Waals surface area contributed by atoms with Crippen LogP contribution >= 0.6 is 0 Å². The summed E-state index contributed by atoms with van der Waals surface area (Å²) in [5, 5.41) is 10.8. The molecule has 0 rings (SSSR count). The van der Waals surface area contributed by atoms with Crippen molar-refractivity contribution in [1.29, 1.82) is 0 Å². The fraction of sp³-hybridized carbons (Fsp3) is 0.682. The Morgan fingerprint density at radius 2 is 1.78 bits per heavy atom. The standard InChI is InChI=1S/C22H36O5/c1-16(2)20(10-9-18(4)24)11-12-22(6,26)15-21(27-19(5)25)14-17(3)8-7-13-23/h11-14,16,20-21,26H,7-10,15H2,1-6H3/b12-11+,17-14+/t20-,21+,22+/m1/s1. The largest absolute Gasteiger partial charge is 0.458 e. The molecule has 0 radical (unpaired) electrons. The molecular weight excluding hydrogens is 344 g/mol. The van der Waals surface area contributed by atoms with Crippen molar-refractivity contribution in [2.24, 2.45) is 11.8 Å². The molecule has 0 aromatic heterocycles. The van der Waals surface area contributed by atoms with E-state index in [0.29, 0.717) is 25.2 Å². The predicted octanol–water partition coefficient (Wildman–Crippen LogP) is 4.18. The minimum absolute atomic E-state index is 0.159. The van der Waals surface area contributed by atoms with Gasteiger partial charge in [0.1, 0.15) is 18.2 Å². The second kappa shape index (κ2) is 12.6. The van der Waals surface area contributed by atoms with Crippen molar-refractivity contribution in [1.82, 2.24) is 0 Å². The monoisotopic (exact) mass is 380 g/mol. The molecule has 0 heterocycles. The number of carbonyl (C=O) groups excluding carboxylic acids is 3. The van der Waals surface area contributed by atoms with Crippen molar-refractivity contribution in [3.63, 3.8) is 0 Å². The van der Waals surface area contributed by atoms with Gasteiger partial charge < -0.3 is 19.4 Å². The van der Waals surface area contributed by atoms with E-state index < -0.39 is 17.7 Å². The molecule has 27 heavy (non-hydrogen) atoms. The Labute approximate surface area is 163 Å². The second-order valence-electron chi connectivity index (χ2n) is 7.94. The second-order valence-corrected chi connectivity index (χ2v) is 7.94.